The third-order valence-electron chi connectivity index (χ3n) is 4.63. The molecular formula is C20H18O2. The molecule has 1 atom stereocenters. The van der Waals surface area contributed by atoms with E-state index in [0.29, 0.717) is 0 Å². The van der Waals surface area contributed by atoms with E-state index in [4.69, 9.17) is 4.74 Å². The van der Waals surface area contributed by atoms with Crippen molar-refractivity contribution >= 4 is 27.5 Å². The van der Waals surface area contributed by atoms with Gasteiger partial charge in [-0.15, -0.1) is 0 Å². The summed E-state index contributed by atoms with van der Waals surface area (Å²) < 4.78 is 5.45. The minimum Gasteiger partial charge on any atom is -0.462 e. The fourth-order valence-electron chi connectivity index (χ4n) is 3.65. The van der Waals surface area contributed by atoms with Crippen molar-refractivity contribution in [3.05, 3.63) is 59.7 Å². The highest BCUT2D eigenvalue weighted by molar-refractivity contribution is 6.08. The predicted octanol–water partition coefficient (Wildman–Crippen LogP) is 4.41. The molecule has 0 aliphatic heterocycles. The summed E-state index contributed by atoms with van der Waals surface area (Å²) >= 11 is 0. The highest BCUT2D eigenvalue weighted by atomic mass is 16.5. The Hall–Kier alpha value is -2.35. The molecule has 0 saturated heterocycles. The minimum absolute atomic E-state index is 0.0158. The summed E-state index contributed by atoms with van der Waals surface area (Å²) in [6.07, 6.45) is 2.74. The third kappa shape index (κ3) is 2.16. The zero-order valence-electron chi connectivity index (χ0n) is 12.6. The van der Waals surface area contributed by atoms with Crippen LogP contribution >= 0.6 is 0 Å². The molecule has 0 N–H and O–H groups in total. The summed E-state index contributed by atoms with van der Waals surface area (Å²) in [5, 5.41) is 5.15. The molecular weight excluding hydrogens is 272 g/mol. The average Bonchev–Trinajstić information content (AvgIpc) is 2.53. The number of benzene rings is 3. The van der Waals surface area contributed by atoms with Crippen molar-refractivity contribution < 1.29 is 9.53 Å². The van der Waals surface area contributed by atoms with Gasteiger partial charge in [0.05, 0.1) is 0 Å². The molecule has 0 radical (unpaired) electrons. The van der Waals surface area contributed by atoms with Crippen LogP contribution in [0.4, 0.5) is 0 Å². The summed E-state index contributed by atoms with van der Waals surface area (Å²) in [7, 11) is 0. The maximum absolute atomic E-state index is 11.2. The predicted molar refractivity (Wildman–Crippen MR) is 89.0 cm³/mol. The monoisotopic (exact) mass is 290 g/mol. The number of carbonyl (C=O) groups excluding carboxylic acids is 1. The first-order chi connectivity index (χ1) is 10.7. The molecule has 0 saturated carbocycles. The first-order valence-corrected chi connectivity index (χ1v) is 7.82. The summed E-state index contributed by atoms with van der Waals surface area (Å²) in [5.74, 6) is -0.181. The molecule has 3 aromatic carbocycles. The SMILES string of the molecule is CC(=O)OC1CCc2ccc3c(ccc4ccccc43)c2C1. The van der Waals surface area contributed by atoms with Gasteiger partial charge in [-0.2, -0.15) is 0 Å². The fourth-order valence-corrected chi connectivity index (χ4v) is 3.65. The Balaban J connectivity index is 1.89. The second-order valence-electron chi connectivity index (χ2n) is 6.06. The van der Waals surface area contributed by atoms with E-state index in [2.05, 4.69) is 48.5 Å². The lowest BCUT2D eigenvalue weighted by Gasteiger charge is -2.25. The molecule has 0 amide bonds. The number of hydrogen-bond acceptors (Lipinski definition) is 2. The van der Waals surface area contributed by atoms with E-state index in [1.54, 1.807) is 0 Å². The third-order valence-corrected chi connectivity index (χ3v) is 4.63. The normalized spacial score (nSPS) is 17.4. The number of esters is 1. The van der Waals surface area contributed by atoms with Gasteiger partial charge < -0.3 is 4.74 Å². The molecule has 2 heteroatoms. The standard InChI is InChI=1S/C20H18O2/c1-13(21)22-16-9-6-15-8-10-18-17-5-3-2-4-14(17)7-11-19(18)20(15)12-16/h2-5,7-8,10-11,16H,6,9,12H2,1H3. The molecule has 0 fully saturated rings. The molecule has 110 valence electrons. The number of ether oxygens (including phenoxy) is 1. The van der Waals surface area contributed by atoms with Gasteiger partial charge in [0.1, 0.15) is 6.10 Å². The number of carbonyl (C=O) groups is 1. The van der Waals surface area contributed by atoms with Gasteiger partial charge in [-0.05, 0) is 45.5 Å². The van der Waals surface area contributed by atoms with Gasteiger partial charge in [0.25, 0.3) is 0 Å². The van der Waals surface area contributed by atoms with E-state index in [0.717, 1.165) is 19.3 Å². The molecule has 0 bridgehead atoms. The average molecular weight is 290 g/mol. The highest BCUT2D eigenvalue weighted by Crippen LogP contribution is 2.33. The van der Waals surface area contributed by atoms with Gasteiger partial charge in [0.2, 0.25) is 0 Å². The first-order valence-electron chi connectivity index (χ1n) is 7.82. The quantitative estimate of drug-likeness (QED) is 0.490. The van der Waals surface area contributed by atoms with Crippen LogP contribution in [0, 0.1) is 0 Å². The lowest BCUT2D eigenvalue weighted by atomic mass is 9.85. The van der Waals surface area contributed by atoms with E-state index < -0.39 is 0 Å². The van der Waals surface area contributed by atoms with E-state index in [-0.39, 0.29) is 12.1 Å². The Labute approximate surface area is 129 Å². The van der Waals surface area contributed by atoms with Crippen molar-refractivity contribution in [2.75, 3.05) is 0 Å². The van der Waals surface area contributed by atoms with Crippen LogP contribution in [-0.2, 0) is 22.4 Å². The molecule has 1 unspecified atom stereocenters. The molecule has 0 heterocycles. The van der Waals surface area contributed by atoms with Crippen molar-refractivity contribution in [2.45, 2.75) is 32.3 Å². The number of aryl methyl sites for hydroxylation is 1. The summed E-state index contributed by atoms with van der Waals surface area (Å²) in [6.45, 7) is 1.49. The van der Waals surface area contributed by atoms with E-state index in [9.17, 15) is 4.79 Å². The Bertz CT molecular complexity index is 879. The van der Waals surface area contributed by atoms with Crippen molar-refractivity contribution in [1.29, 1.82) is 0 Å². The van der Waals surface area contributed by atoms with Crippen molar-refractivity contribution in [3.63, 3.8) is 0 Å². The van der Waals surface area contributed by atoms with Gasteiger partial charge in [-0.3, -0.25) is 4.79 Å². The summed E-state index contributed by atoms with van der Waals surface area (Å²) in [4.78, 5) is 11.2. The smallest absolute Gasteiger partial charge is 0.302 e. The van der Waals surface area contributed by atoms with Crippen LogP contribution < -0.4 is 0 Å². The maximum Gasteiger partial charge on any atom is 0.302 e. The number of rotatable bonds is 1. The van der Waals surface area contributed by atoms with Crippen molar-refractivity contribution in [3.8, 4) is 0 Å². The molecule has 0 spiro atoms. The zero-order valence-corrected chi connectivity index (χ0v) is 12.6. The lowest BCUT2D eigenvalue weighted by Crippen LogP contribution is -2.24. The minimum atomic E-state index is -0.181. The topological polar surface area (TPSA) is 26.3 Å². The first kappa shape index (κ1) is 13.3. The van der Waals surface area contributed by atoms with Crippen LogP contribution in [0.2, 0.25) is 0 Å². The maximum atomic E-state index is 11.2. The van der Waals surface area contributed by atoms with Gasteiger partial charge in [-0.1, -0.05) is 48.5 Å². The van der Waals surface area contributed by atoms with Crippen LogP contribution in [0.5, 0.6) is 0 Å². The number of hydrogen-bond donors (Lipinski definition) is 0. The van der Waals surface area contributed by atoms with E-state index in [1.807, 2.05) is 0 Å². The molecule has 4 rings (SSSR count). The highest BCUT2D eigenvalue weighted by Gasteiger charge is 2.22. The van der Waals surface area contributed by atoms with E-state index in [1.165, 1.54) is 39.6 Å². The van der Waals surface area contributed by atoms with Crippen molar-refractivity contribution in [2.24, 2.45) is 0 Å². The molecule has 1 aliphatic rings. The van der Waals surface area contributed by atoms with Crippen LogP contribution in [0.3, 0.4) is 0 Å². The Morgan fingerprint density at radius 3 is 2.68 bits per heavy atom. The zero-order chi connectivity index (χ0) is 15.1. The second-order valence-corrected chi connectivity index (χ2v) is 6.06. The van der Waals surface area contributed by atoms with E-state index >= 15 is 0 Å². The van der Waals surface area contributed by atoms with Crippen LogP contribution in [0.15, 0.2) is 48.5 Å². The summed E-state index contributed by atoms with van der Waals surface area (Å²) in [5.41, 5.74) is 2.74. The Morgan fingerprint density at radius 1 is 1.00 bits per heavy atom. The fraction of sp³-hybridized carbons (Fsp3) is 0.250. The summed E-state index contributed by atoms with van der Waals surface area (Å²) in [6, 6.07) is 17.4. The van der Waals surface area contributed by atoms with Gasteiger partial charge >= 0.3 is 5.97 Å². The Kier molecular flexibility index (Phi) is 3.11. The van der Waals surface area contributed by atoms with Gasteiger partial charge in [0, 0.05) is 13.3 Å². The molecule has 0 aromatic heterocycles. The molecule has 1 aliphatic carbocycles. The Morgan fingerprint density at radius 2 is 1.82 bits per heavy atom. The molecule has 3 aromatic rings. The lowest BCUT2D eigenvalue weighted by molar-refractivity contribution is -0.146. The van der Waals surface area contributed by atoms with Crippen LogP contribution in [0.25, 0.3) is 21.5 Å². The molecule has 22 heavy (non-hydrogen) atoms. The largest absolute Gasteiger partial charge is 0.462 e. The van der Waals surface area contributed by atoms with Crippen LogP contribution in [0.1, 0.15) is 24.5 Å². The van der Waals surface area contributed by atoms with Gasteiger partial charge in [0.15, 0.2) is 0 Å². The molecule has 2 nitrogen and oxygen atoms in total. The van der Waals surface area contributed by atoms with Gasteiger partial charge in [-0.25, -0.2) is 0 Å². The van der Waals surface area contributed by atoms with Crippen molar-refractivity contribution in [1.82, 2.24) is 0 Å². The van der Waals surface area contributed by atoms with Crippen LogP contribution in [-0.4, -0.2) is 12.1 Å². The second kappa shape index (κ2) is 5.13. The number of fused-ring (bicyclic) bond motifs is 5.